The largest absolute Gasteiger partial charge is 0.467 e. The highest BCUT2D eigenvalue weighted by molar-refractivity contribution is 6.09. The predicted octanol–water partition coefficient (Wildman–Crippen LogP) is 4.21. The minimum Gasteiger partial charge on any atom is -0.467 e. The lowest BCUT2D eigenvalue weighted by Gasteiger charge is -2.28. The molecule has 7 heteroatoms. The SMILES string of the molecule is O=C(NCc1ccco1)c1cccc(CN2C(=O)NC(c3ccccc3)(c3ccccc3)C2=O)c1. The average Bonchev–Trinajstić information content (AvgIpc) is 3.51. The summed E-state index contributed by atoms with van der Waals surface area (Å²) in [5, 5.41) is 5.74. The van der Waals surface area contributed by atoms with Gasteiger partial charge in [0, 0.05) is 5.56 Å². The molecule has 7 nitrogen and oxygen atoms in total. The van der Waals surface area contributed by atoms with Crippen molar-refractivity contribution < 1.29 is 18.8 Å². The third-order valence-corrected chi connectivity index (χ3v) is 6.05. The Bertz CT molecular complexity index is 1310. The Kier molecular flexibility index (Phi) is 5.89. The van der Waals surface area contributed by atoms with Gasteiger partial charge in [0.25, 0.3) is 11.8 Å². The van der Waals surface area contributed by atoms with Crippen LogP contribution in [0.1, 0.15) is 32.8 Å². The van der Waals surface area contributed by atoms with Crippen molar-refractivity contribution in [2.24, 2.45) is 0 Å². The molecule has 35 heavy (non-hydrogen) atoms. The molecular weight excluding hydrogens is 442 g/mol. The molecule has 2 heterocycles. The van der Waals surface area contributed by atoms with Crippen LogP contribution < -0.4 is 10.6 Å². The van der Waals surface area contributed by atoms with Crippen LogP contribution in [0.5, 0.6) is 0 Å². The molecule has 4 aromatic rings. The van der Waals surface area contributed by atoms with Crippen LogP contribution in [0.15, 0.2) is 108 Å². The number of rotatable bonds is 7. The summed E-state index contributed by atoms with van der Waals surface area (Å²) in [5.74, 6) is 0.00273. The summed E-state index contributed by atoms with van der Waals surface area (Å²) in [7, 11) is 0. The Hall–Kier alpha value is -4.65. The Morgan fingerprint density at radius 2 is 1.54 bits per heavy atom. The summed E-state index contributed by atoms with van der Waals surface area (Å²) in [6.45, 7) is 0.297. The molecule has 4 amide bonds. The molecule has 2 N–H and O–H groups in total. The van der Waals surface area contributed by atoms with Crippen LogP contribution in [-0.4, -0.2) is 22.7 Å². The Labute approximate surface area is 202 Å². The molecule has 0 aliphatic carbocycles. The normalized spacial score (nSPS) is 14.6. The van der Waals surface area contributed by atoms with Gasteiger partial charge in [-0.15, -0.1) is 0 Å². The smallest absolute Gasteiger partial charge is 0.325 e. The van der Waals surface area contributed by atoms with Crippen molar-refractivity contribution in [3.63, 3.8) is 0 Å². The Morgan fingerprint density at radius 1 is 0.857 bits per heavy atom. The Balaban J connectivity index is 1.40. The molecule has 5 rings (SSSR count). The molecule has 0 bridgehead atoms. The number of carbonyl (C=O) groups excluding carboxylic acids is 3. The summed E-state index contributed by atoms with van der Waals surface area (Å²) in [4.78, 5) is 40.8. The predicted molar refractivity (Wildman–Crippen MR) is 129 cm³/mol. The van der Waals surface area contributed by atoms with Gasteiger partial charge in [-0.1, -0.05) is 72.8 Å². The molecule has 0 atom stereocenters. The second kappa shape index (κ2) is 9.30. The third-order valence-electron chi connectivity index (χ3n) is 6.05. The van der Waals surface area contributed by atoms with Crippen LogP contribution in [-0.2, 0) is 23.4 Å². The van der Waals surface area contributed by atoms with Gasteiger partial charge < -0.3 is 15.1 Å². The molecule has 0 unspecified atom stereocenters. The van der Waals surface area contributed by atoms with Gasteiger partial charge in [0.15, 0.2) is 5.54 Å². The van der Waals surface area contributed by atoms with E-state index in [-0.39, 0.29) is 24.9 Å². The van der Waals surface area contributed by atoms with E-state index < -0.39 is 11.6 Å². The number of amides is 4. The van der Waals surface area contributed by atoms with Crippen molar-refractivity contribution in [1.82, 2.24) is 15.5 Å². The maximum atomic E-state index is 13.8. The van der Waals surface area contributed by atoms with Gasteiger partial charge in [-0.2, -0.15) is 0 Å². The number of hydrogen-bond donors (Lipinski definition) is 2. The fourth-order valence-corrected chi connectivity index (χ4v) is 4.33. The van der Waals surface area contributed by atoms with Gasteiger partial charge in [-0.3, -0.25) is 14.5 Å². The van der Waals surface area contributed by atoms with Crippen LogP contribution in [0, 0.1) is 0 Å². The molecule has 0 spiro atoms. The maximum Gasteiger partial charge on any atom is 0.325 e. The number of nitrogens with zero attached hydrogens (tertiary/aromatic N) is 1. The first kappa shape index (κ1) is 22.2. The second-order valence-electron chi connectivity index (χ2n) is 8.27. The van der Waals surface area contributed by atoms with Crippen molar-refractivity contribution in [2.45, 2.75) is 18.6 Å². The van der Waals surface area contributed by atoms with E-state index in [4.69, 9.17) is 4.42 Å². The van der Waals surface area contributed by atoms with Gasteiger partial charge in [0.1, 0.15) is 5.76 Å². The van der Waals surface area contributed by atoms with Crippen molar-refractivity contribution in [3.8, 4) is 0 Å². The molecule has 0 saturated carbocycles. The molecule has 1 aliphatic rings. The minimum atomic E-state index is -1.32. The number of imide groups is 1. The van der Waals surface area contributed by atoms with Crippen LogP contribution >= 0.6 is 0 Å². The first-order chi connectivity index (χ1) is 17.1. The second-order valence-corrected chi connectivity index (χ2v) is 8.27. The van der Waals surface area contributed by atoms with Gasteiger partial charge in [-0.05, 0) is 41.0 Å². The average molecular weight is 466 g/mol. The van der Waals surface area contributed by atoms with E-state index in [0.717, 1.165) is 0 Å². The molecule has 1 aliphatic heterocycles. The van der Waals surface area contributed by atoms with Gasteiger partial charge in [0.05, 0.1) is 19.4 Å². The van der Waals surface area contributed by atoms with E-state index in [1.165, 1.54) is 4.90 Å². The van der Waals surface area contributed by atoms with E-state index in [0.29, 0.717) is 28.0 Å². The monoisotopic (exact) mass is 465 g/mol. The van der Waals surface area contributed by atoms with Crippen molar-refractivity contribution in [3.05, 3.63) is 131 Å². The zero-order chi connectivity index (χ0) is 24.3. The zero-order valence-electron chi connectivity index (χ0n) is 18.8. The number of nitrogens with one attached hydrogen (secondary N) is 2. The summed E-state index contributed by atoms with van der Waals surface area (Å²) >= 11 is 0. The maximum absolute atomic E-state index is 13.8. The van der Waals surface area contributed by atoms with E-state index in [1.54, 1.807) is 42.7 Å². The highest BCUT2D eigenvalue weighted by Crippen LogP contribution is 2.36. The number of urea groups is 1. The van der Waals surface area contributed by atoms with Gasteiger partial charge in [0.2, 0.25) is 0 Å². The summed E-state index contributed by atoms with van der Waals surface area (Å²) in [5.41, 5.74) is 1.13. The zero-order valence-corrected chi connectivity index (χ0v) is 18.8. The fourth-order valence-electron chi connectivity index (χ4n) is 4.33. The van der Waals surface area contributed by atoms with E-state index >= 15 is 0 Å². The highest BCUT2D eigenvalue weighted by atomic mass is 16.3. The summed E-state index contributed by atoms with van der Waals surface area (Å²) < 4.78 is 5.24. The summed E-state index contributed by atoms with van der Waals surface area (Å²) in [6.07, 6.45) is 1.55. The lowest BCUT2D eigenvalue weighted by molar-refractivity contribution is -0.130. The van der Waals surface area contributed by atoms with E-state index in [9.17, 15) is 14.4 Å². The molecule has 0 radical (unpaired) electrons. The topological polar surface area (TPSA) is 91.7 Å². The lowest BCUT2D eigenvalue weighted by atomic mass is 9.82. The van der Waals surface area contributed by atoms with Gasteiger partial charge in [-0.25, -0.2) is 4.79 Å². The molecule has 174 valence electrons. The molecule has 3 aromatic carbocycles. The number of hydrogen-bond acceptors (Lipinski definition) is 4. The lowest BCUT2D eigenvalue weighted by Crippen LogP contribution is -2.45. The quantitative estimate of drug-likeness (QED) is 0.400. The van der Waals surface area contributed by atoms with Crippen LogP contribution in [0.25, 0.3) is 0 Å². The standard InChI is InChI=1S/C28H23N3O4/c32-25(29-18-24-15-8-16-35-24)21-10-7-9-20(17-21)19-31-26(33)28(30-27(31)34,22-11-3-1-4-12-22)23-13-5-2-6-14-23/h1-17H,18-19H2,(H,29,32)(H,30,34). The van der Waals surface area contributed by atoms with Crippen molar-refractivity contribution >= 4 is 17.8 Å². The first-order valence-corrected chi connectivity index (χ1v) is 11.2. The van der Waals surface area contributed by atoms with Crippen LogP contribution in [0.2, 0.25) is 0 Å². The molecule has 1 fully saturated rings. The van der Waals surface area contributed by atoms with Gasteiger partial charge >= 0.3 is 6.03 Å². The summed E-state index contributed by atoms with van der Waals surface area (Å²) in [6, 6.07) is 28.3. The minimum absolute atomic E-state index is 0.0331. The molecule has 1 aromatic heterocycles. The van der Waals surface area contributed by atoms with Crippen molar-refractivity contribution in [1.29, 1.82) is 0 Å². The number of benzene rings is 3. The number of carbonyl (C=O) groups is 3. The van der Waals surface area contributed by atoms with Crippen LogP contribution in [0.4, 0.5) is 4.79 Å². The van der Waals surface area contributed by atoms with Crippen LogP contribution in [0.3, 0.4) is 0 Å². The first-order valence-electron chi connectivity index (χ1n) is 11.2. The highest BCUT2D eigenvalue weighted by Gasteiger charge is 2.53. The van der Waals surface area contributed by atoms with Crippen molar-refractivity contribution in [2.75, 3.05) is 0 Å². The van der Waals surface area contributed by atoms with E-state index in [1.807, 2.05) is 60.7 Å². The fraction of sp³-hybridized carbons (Fsp3) is 0.107. The number of furan rings is 1. The molecule has 1 saturated heterocycles. The molecular formula is C28H23N3O4. The Morgan fingerprint density at radius 3 is 2.17 bits per heavy atom. The van der Waals surface area contributed by atoms with E-state index in [2.05, 4.69) is 10.6 Å². The third kappa shape index (κ3) is 4.19.